The number of hydrogen-bond donors (Lipinski definition) is 1. The maximum Gasteiger partial charge on any atom is 0.417 e. The second-order valence-electron chi connectivity index (χ2n) is 7.16. The van der Waals surface area contributed by atoms with Crippen molar-refractivity contribution in [2.75, 3.05) is 43.1 Å². The zero-order chi connectivity index (χ0) is 22.9. The van der Waals surface area contributed by atoms with Gasteiger partial charge in [0.05, 0.1) is 30.9 Å². The maximum atomic E-state index is 13.9. The Hall–Kier alpha value is -3.41. The number of rotatable bonds is 4. The molecule has 1 N–H and O–H groups in total. The molecule has 170 valence electrons. The van der Waals surface area contributed by atoms with Crippen LogP contribution in [0.3, 0.4) is 0 Å². The lowest BCUT2D eigenvalue weighted by Gasteiger charge is -2.28. The number of aryl methyl sites for hydroxylation is 1. The van der Waals surface area contributed by atoms with Gasteiger partial charge in [-0.15, -0.1) is 5.10 Å². The topological polar surface area (TPSA) is 93.9 Å². The molecule has 4 heterocycles. The monoisotopic (exact) mass is 450 g/mol. The third kappa shape index (κ3) is 4.44. The van der Waals surface area contributed by atoms with Gasteiger partial charge in [0.1, 0.15) is 11.3 Å². The molecule has 1 fully saturated rings. The first kappa shape index (κ1) is 21.8. The quantitative estimate of drug-likeness (QED) is 0.650. The number of amides is 1. The van der Waals surface area contributed by atoms with Gasteiger partial charge in [-0.3, -0.25) is 5.32 Å². The van der Waals surface area contributed by atoms with Crippen LogP contribution in [-0.2, 0) is 15.7 Å². The molecule has 1 amide bonds. The number of carbonyl (C=O) groups is 1. The normalized spacial score (nSPS) is 14.6. The molecule has 0 aromatic carbocycles. The van der Waals surface area contributed by atoms with Gasteiger partial charge in [-0.1, -0.05) is 0 Å². The summed E-state index contributed by atoms with van der Waals surface area (Å²) in [7, 11) is 0. The van der Waals surface area contributed by atoms with Gasteiger partial charge in [0.2, 0.25) is 0 Å². The first-order valence-electron chi connectivity index (χ1n) is 9.97. The molecule has 12 heteroatoms. The van der Waals surface area contributed by atoms with E-state index in [2.05, 4.69) is 20.4 Å². The van der Waals surface area contributed by atoms with Gasteiger partial charge in [-0.25, -0.2) is 19.3 Å². The summed E-state index contributed by atoms with van der Waals surface area (Å²) >= 11 is 0. The summed E-state index contributed by atoms with van der Waals surface area (Å²) < 4.78 is 53.3. The maximum absolute atomic E-state index is 13.9. The fourth-order valence-corrected chi connectivity index (χ4v) is 3.44. The molecule has 3 aromatic rings. The SMILES string of the molecule is CCOC(=O)Nc1cc(C(F)(F)F)c(-c2nc(N3CCOCC3)c3cc(C)cn3n2)cn1. The van der Waals surface area contributed by atoms with Crippen LogP contribution in [0.15, 0.2) is 24.5 Å². The molecule has 0 unspecified atom stereocenters. The number of carbonyl (C=O) groups excluding carboxylic acids is 1. The molecule has 0 atom stereocenters. The average molecular weight is 450 g/mol. The third-order valence-electron chi connectivity index (χ3n) is 4.85. The van der Waals surface area contributed by atoms with Crippen molar-refractivity contribution in [2.45, 2.75) is 20.0 Å². The largest absolute Gasteiger partial charge is 0.450 e. The van der Waals surface area contributed by atoms with E-state index in [1.165, 1.54) is 4.52 Å². The van der Waals surface area contributed by atoms with Crippen LogP contribution in [0, 0.1) is 6.92 Å². The fraction of sp³-hybridized carbons (Fsp3) is 0.400. The number of nitrogens with zero attached hydrogens (tertiary/aromatic N) is 5. The highest BCUT2D eigenvalue weighted by atomic mass is 19.4. The second kappa shape index (κ2) is 8.61. The van der Waals surface area contributed by atoms with Crippen molar-refractivity contribution in [3.8, 4) is 11.4 Å². The number of morpholine rings is 1. The van der Waals surface area contributed by atoms with E-state index < -0.39 is 17.8 Å². The number of alkyl halides is 3. The van der Waals surface area contributed by atoms with Gasteiger partial charge >= 0.3 is 12.3 Å². The molecule has 0 radical (unpaired) electrons. The molecular weight excluding hydrogens is 429 g/mol. The smallest absolute Gasteiger partial charge is 0.417 e. The Labute approximate surface area is 181 Å². The molecule has 0 bridgehead atoms. The van der Waals surface area contributed by atoms with Crippen molar-refractivity contribution in [2.24, 2.45) is 0 Å². The summed E-state index contributed by atoms with van der Waals surface area (Å²) in [5.74, 6) is 0.108. The Morgan fingerprint density at radius 1 is 1.28 bits per heavy atom. The predicted molar refractivity (Wildman–Crippen MR) is 110 cm³/mol. The standard InChI is InChI=1S/C20H21F3N6O3/c1-3-32-19(30)25-16-9-14(20(21,22)23)13(10-24-16)17-26-18(28-4-6-31-7-5-28)15-8-12(2)11-29(15)27-17/h8-11H,3-7H2,1-2H3,(H,24,25,30). The Bertz CT molecular complexity index is 1140. The Morgan fingerprint density at radius 3 is 2.72 bits per heavy atom. The van der Waals surface area contributed by atoms with Crippen LogP contribution in [0.5, 0.6) is 0 Å². The summed E-state index contributed by atoms with van der Waals surface area (Å²) in [5, 5.41) is 6.50. The van der Waals surface area contributed by atoms with E-state index >= 15 is 0 Å². The highest BCUT2D eigenvalue weighted by Crippen LogP contribution is 2.37. The highest BCUT2D eigenvalue weighted by Gasteiger charge is 2.36. The van der Waals surface area contributed by atoms with Crippen LogP contribution >= 0.6 is 0 Å². The molecule has 1 aliphatic rings. The van der Waals surface area contributed by atoms with Crippen LogP contribution in [0.4, 0.5) is 29.6 Å². The van der Waals surface area contributed by atoms with Gasteiger partial charge in [0.25, 0.3) is 0 Å². The molecule has 1 saturated heterocycles. The first-order valence-corrected chi connectivity index (χ1v) is 9.97. The van der Waals surface area contributed by atoms with Gasteiger partial charge in [-0.2, -0.15) is 13.2 Å². The number of ether oxygens (including phenoxy) is 2. The van der Waals surface area contributed by atoms with Crippen LogP contribution in [0.25, 0.3) is 16.9 Å². The van der Waals surface area contributed by atoms with Crippen molar-refractivity contribution in [3.05, 3.63) is 35.7 Å². The Balaban J connectivity index is 1.83. The Morgan fingerprint density at radius 2 is 2.03 bits per heavy atom. The number of halogens is 3. The molecular formula is C20H21F3N6O3. The van der Waals surface area contributed by atoms with E-state index in [1.54, 1.807) is 13.1 Å². The molecule has 9 nitrogen and oxygen atoms in total. The van der Waals surface area contributed by atoms with Crippen LogP contribution in [0.1, 0.15) is 18.1 Å². The minimum Gasteiger partial charge on any atom is -0.450 e. The van der Waals surface area contributed by atoms with Crippen molar-refractivity contribution in [3.63, 3.8) is 0 Å². The molecule has 32 heavy (non-hydrogen) atoms. The minimum atomic E-state index is -4.73. The van der Waals surface area contributed by atoms with Gasteiger partial charge in [0, 0.05) is 25.5 Å². The molecule has 0 aliphatic carbocycles. The van der Waals surface area contributed by atoms with E-state index in [-0.39, 0.29) is 23.8 Å². The predicted octanol–water partition coefficient (Wildman–Crippen LogP) is 3.52. The summed E-state index contributed by atoms with van der Waals surface area (Å²) in [5.41, 5.74) is 0.273. The van der Waals surface area contributed by atoms with E-state index in [1.807, 2.05) is 17.9 Å². The highest BCUT2D eigenvalue weighted by molar-refractivity contribution is 5.84. The molecule has 0 spiro atoms. The first-order chi connectivity index (χ1) is 15.3. The summed E-state index contributed by atoms with van der Waals surface area (Å²) in [6.45, 7) is 5.63. The van der Waals surface area contributed by atoms with Crippen molar-refractivity contribution in [1.29, 1.82) is 0 Å². The lowest BCUT2D eigenvalue weighted by Crippen LogP contribution is -2.37. The Kier molecular flexibility index (Phi) is 5.87. The molecule has 4 rings (SSSR count). The van der Waals surface area contributed by atoms with Gasteiger partial charge < -0.3 is 14.4 Å². The number of hydrogen-bond acceptors (Lipinski definition) is 7. The number of nitrogens with one attached hydrogen (secondary N) is 1. The zero-order valence-electron chi connectivity index (χ0n) is 17.4. The molecule has 0 saturated carbocycles. The van der Waals surface area contributed by atoms with Gasteiger partial charge in [-0.05, 0) is 31.5 Å². The van der Waals surface area contributed by atoms with E-state index in [0.717, 1.165) is 17.8 Å². The lowest BCUT2D eigenvalue weighted by molar-refractivity contribution is -0.137. The van der Waals surface area contributed by atoms with Crippen molar-refractivity contribution < 1.29 is 27.4 Å². The van der Waals surface area contributed by atoms with Crippen LogP contribution in [-0.4, -0.2) is 58.6 Å². The summed E-state index contributed by atoms with van der Waals surface area (Å²) in [6.07, 6.45) is -2.89. The number of aromatic nitrogens is 4. The fourth-order valence-electron chi connectivity index (χ4n) is 3.44. The van der Waals surface area contributed by atoms with E-state index in [0.29, 0.717) is 37.6 Å². The third-order valence-corrected chi connectivity index (χ3v) is 4.85. The van der Waals surface area contributed by atoms with Crippen LogP contribution < -0.4 is 10.2 Å². The van der Waals surface area contributed by atoms with E-state index in [4.69, 9.17) is 9.47 Å². The molecule has 1 aliphatic heterocycles. The van der Waals surface area contributed by atoms with Crippen molar-refractivity contribution in [1.82, 2.24) is 19.6 Å². The van der Waals surface area contributed by atoms with Crippen LogP contribution in [0.2, 0.25) is 0 Å². The molecule has 3 aromatic heterocycles. The summed E-state index contributed by atoms with van der Waals surface area (Å²) in [4.78, 5) is 22.0. The van der Waals surface area contributed by atoms with E-state index in [9.17, 15) is 18.0 Å². The minimum absolute atomic E-state index is 0.0739. The number of fused-ring (bicyclic) bond motifs is 1. The zero-order valence-corrected chi connectivity index (χ0v) is 17.4. The van der Waals surface area contributed by atoms with Gasteiger partial charge in [0.15, 0.2) is 11.6 Å². The number of pyridine rings is 1. The lowest BCUT2D eigenvalue weighted by atomic mass is 10.1. The summed E-state index contributed by atoms with van der Waals surface area (Å²) in [6, 6.07) is 2.62. The average Bonchev–Trinajstić information content (AvgIpc) is 3.13. The number of anilines is 2. The second-order valence-corrected chi connectivity index (χ2v) is 7.16. The van der Waals surface area contributed by atoms with Crippen molar-refractivity contribution >= 4 is 23.2 Å².